The molecule has 0 bridgehead atoms. The number of carboxylic acid groups (broad SMARTS) is 1. The normalized spacial score (nSPS) is 12.1. The van der Waals surface area contributed by atoms with Gasteiger partial charge in [0.25, 0.3) is 0 Å². The molecule has 27 heavy (non-hydrogen) atoms. The molecule has 0 aliphatic carbocycles. The van der Waals surface area contributed by atoms with Gasteiger partial charge in [0.05, 0.1) is 16.1 Å². The lowest BCUT2D eigenvalue weighted by molar-refractivity contribution is -0.145. The first kappa shape index (κ1) is 20.4. The van der Waals surface area contributed by atoms with Crippen LogP contribution in [-0.4, -0.2) is 17.2 Å². The summed E-state index contributed by atoms with van der Waals surface area (Å²) in [6.07, 6.45) is -5.54. The number of hydrogen-bond acceptors (Lipinski definition) is 4. The molecule has 0 heterocycles. The van der Waals surface area contributed by atoms with E-state index in [2.05, 4.69) is 0 Å². The van der Waals surface area contributed by atoms with Crippen LogP contribution in [0.3, 0.4) is 0 Å². The molecule has 0 amide bonds. The molecule has 2 aromatic carbocycles. The summed E-state index contributed by atoms with van der Waals surface area (Å²) in [7, 11) is 0. The zero-order chi connectivity index (χ0) is 20.2. The van der Waals surface area contributed by atoms with Gasteiger partial charge in [-0.1, -0.05) is 18.5 Å². The first-order valence-corrected chi connectivity index (χ1v) is 8.01. The van der Waals surface area contributed by atoms with Crippen LogP contribution < -0.4 is 9.47 Å². The molecule has 0 aliphatic heterocycles. The maximum Gasteiger partial charge on any atom is 0.416 e. The third-order valence-corrected chi connectivity index (χ3v) is 3.77. The number of benzene rings is 2. The van der Waals surface area contributed by atoms with Gasteiger partial charge in [-0.25, -0.2) is 4.79 Å². The quantitative estimate of drug-likeness (QED) is 0.716. The highest BCUT2D eigenvalue weighted by molar-refractivity contribution is 6.32. The molecule has 5 nitrogen and oxygen atoms in total. The van der Waals surface area contributed by atoms with Gasteiger partial charge in [-0.15, -0.1) is 0 Å². The van der Waals surface area contributed by atoms with Crippen LogP contribution in [0.25, 0.3) is 0 Å². The van der Waals surface area contributed by atoms with Gasteiger partial charge in [0.1, 0.15) is 23.3 Å². The molecule has 142 valence electrons. The Labute approximate surface area is 157 Å². The molecule has 2 aromatic rings. The zero-order valence-electron chi connectivity index (χ0n) is 13.9. The van der Waals surface area contributed by atoms with E-state index in [4.69, 9.17) is 31.4 Å². The van der Waals surface area contributed by atoms with Gasteiger partial charge in [0, 0.05) is 6.07 Å². The minimum absolute atomic E-state index is 0.0210. The molecule has 1 unspecified atom stereocenters. The van der Waals surface area contributed by atoms with E-state index in [9.17, 15) is 18.0 Å². The number of hydrogen-bond donors (Lipinski definition) is 1. The van der Waals surface area contributed by atoms with E-state index in [1.165, 1.54) is 18.2 Å². The number of halogens is 4. The Kier molecular flexibility index (Phi) is 6.18. The SMILES string of the molecule is CCC(Oc1cc(Oc2ccc(C(F)(F)F)cc2Cl)ccc1C#N)C(=O)O. The van der Waals surface area contributed by atoms with Crippen LogP contribution in [0, 0.1) is 11.3 Å². The van der Waals surface area contributed by atoms with E-state index >= 15 is 0 Å². The van der Waals surface area contributed by atoms with Crippen LogP contribution in [0.5, 0.6) is 17.2 Å². The fraction of sp³-hybridized carbons (Fsp3) is 0.222. The topological polar surface area (TPSA) is 79.5 Å². The molecule has 0 aromatic heterocycles. The molecule has 0 radical (unpaired) electrons. The highest BCUT2D eigenvalue weighted by Crippen LogP contribution is 2.37. The van der Waals surface area contributed by atoms with Gasteiger partial charge in [-0.05, 0) is 36.8 Å². The van der Waals surface area contributed by atoms with E-state index in [-0.39, 0.29) is 34.3 Å². The van der Waals surface area contributed by atoms with Crippen molar-refractivity contribution in [2.45, 2.75) is 25.6 Å². The van der Waals surface area contributed by atoms with Crippen molar-refractivity contribution in [1.82, 2.24) is 0 Å². The van der Waals surface area contributed by atoms with E-state index in [1.807, 2.05) is 6.07 Å². The molecule has 1 atom stereocenters. The van der Waals surface area contributed by atoms with Gasteiger partial charge >= 0.3 is 12.1 Å². The van der Waals surface area contributed by atoms with Crippen LogP contribution in [0.15, 0.2) is 36.4 Å². The first-order chi connectivity index (χ1) is 12.7. The molecule has 1 N–H and O–H groups in total. The van der Waals surface area contributed by atoms with Crippen molar-refractivity contribution in [3.63, 3.8) is 0 Å². The first-order valence-electron chi connectivity index (χ1n) is 7.64. The van der Waals surface area contributed by atoms with Crippen molar-refractivity contribution < 1.29 is 32.5 Å². The zero-order valence-corrected chi connectivity index (χ0v) is 14.6. The molecular weight excluding hydrogens is 387 g/mol. The third kappa shape index (κ3) is 5.05. The molecule has 0 fully saturated rings. The predicted octanol–water partition coefficient (Wildman–Crippen LogP) is 5.26. The molecule has 0 spiro atoms. The summed E-state index contributed by atoms with van der Waals surface area (Å²) < 4.78 is 48.9. The highest BCUT2D eigenvalue weighted by Gasteiger charge is 2.31. The van der Waals surface area contributed by atoms with Gasteiger partial charge in [-0.3, -0.25) is 0 Å². The number of nitrogens with zero attached hydrogens (tertiary/aromatic N) is 1. The summed E-state index contributed by atoms with van der Waals surface area (Å²) in [6.45, 7) is 1.60. The molecule has 9 heteroatoms. The number of aliphatic carboxylic acids is 1. The third-order valence-electron chi connectivity index (χ3n) is 3.48. The van der Waals surface area contributed by atoms with Crippen LogP contribution in [0.1, 0.15) is 24.5 Å². The number of carboxylic acids is 1. The number of rotatable bonds is 6. The largest absolute Gasteiger partial charge is 0.479 e. The van der Waals surface area contributed by atoms with Gasteiger partial charge in [0.2, 0.25) is 0 Å². The average molecular weight is 400 g/mol. The second-order valence-electron chi connectivity index (χ2n) is 5.37. The molecule has 0 saturated heterocycles. The number of ether oxygens (including phenoxy) is 2. The Balaban J connectivity index is 2.31. The Hall–Kier alpha value is -2.92. The average Bonchev–Trinajstić information content (AvgIpc) is 2.60. The number of carbonyl (C=O) groups is 1. The predicted molar refractivity (Wildman–Crippen MR) is 90.0 cm³/mol. The van der Waals surface area contributed by atoms with Gasteiger partial charge in [-0.2, -0.15) is 18.4 Å². The molecule has 0 saturated carbocycles. The lowest BCUT2D eigenvalue weighted by atomic mass is 10.2. The standard InChI is InChI=1S/C18H13ClF3NO4/c1-2-14(17(24)25)27-16-8-12(5-3-10(16)9-23)26-15-6-4-11(7-13(15)19)18(20,21)22/h3-8,14H,2H2,1H3,(H,24,25). The van der Waals surface area contributed by atoms with Crippen molar-refractivity contribution in [1.29, 1.82) is 5.26 Å². The van der Waals surface area contributed by atoms with Crippen LogP contribution >= 0.6 is 11.6 Å². The van der Waals surface area contributed by atoms with Crippen LogP contribution in [0.4, 0.5) is 13.2 Å². The minimum Gasteiger partial charge on any atom is -0.479 e. The van der Waals surface area contributed by atoms with E-state index in [1.54, 1.807) is 6.92 Å². The maximum absolute atomic E-state index is 12.7. The summed E-state index contributed by atoms with van der Waals surface area (Å²) >= 11 is 5.85. The molecular formula is C18H13ClF3NO4. The maximum atomic E-state index is 12.7. The molecule has 0 aliphatic rings. The summed E-state index contributed by atoms with van der Waals surface area (Å²) in [5.41, 5.74) is -0.837. The monoisotopic (exact) mass is 399 g/mol. The Morgan fingerprint density at radius 2 is 1.96 bits per heavy atom. The van der Waals surface area contributed by atoms with Crippen LogP contribution in [-0.2, 0) is 11.0 Å². The fourth-order valence-electron chi connectivity index (χ4n) is 2.10. The Bertz CT molecular complexity index is 893. The van der Waals surface area contributed by atoms with E-state index < -0.39 is 23.8 Å². The second kappa shape index (κ2) is 8.18. The van der Waals surface area contributed by atoms with Crippen LogP contribution in [0.2, 0.25) is 5.02 Å². The summed E-state index contributed by atoms with van der Waals surface area (Å²) in [5.74, 6) is -1.14. The summed E-state index contributed by atoms with van der Waals surface area (Å²) in [5, 5.41) is 18.0. The fourth-order valence-corrected chi connectivity index (χ4v) is 2.32. The Morgan fingerprint density at radius 1 is 1.26 bits per heavy atom. The lowest BCUT2D eigenvalue weighted by Crippen LogP contribution is -2.26. The van der Waals surface area contributed by atoms with E-state index in [0.717, 1.165) is 18.2 Å². The minimum atomic E-state index is -4.54. The van der Waals surface area contributed by atoms with Crippen molar-refractivity contribution >= 4 is 17.6 Å². The lowest BCUT2D eigenvalue weighted by Gasteiger charge is -2.16. The highest BCUT2D eigenvalue weighted by atomic mass is 35.5. The summed E-state index contributed by atoms with van der Waals surface area (Å²) in [6, 6.07) is 8.49. The number of alkyl halides is 3. The smallest absolute Gasteiger partial charge is 0.416 e. The van der Waals surface area contributed by atoms with Crippen molar-refractivity contribution in [2.24, 2.45) is 0 Å². The van der Waals surface area contributed by atoms with E-state index in [0.29, 0.717) is 0 Å². The van der Waals surface area contributed by atoms with Crippen molar-refractivity contribution in [3.05, 3.63) is 52.5 Å². The van der Waals surface area contributed by atoms with Gasteiger partial charge < -0.3 is 14.6 Å². The summed E-state index contributed by atoms with van der Waals surface area (Å²) in [4.78, 5) is 11.1. The van der Waals surface area contributed by atoms with Crippen molar-refractivity contribution in [3.8, 4) is 23.3 Å². The molecule has 2 rings (SSSR count). The second-order valence-corrected chi connectivity index (χ2v) is 5.77. The Morgan fingerprint density at radius 3 is 2.48 bits per heavy atom. The number of nitriles is 1. The van der Waals surface area contributed by atoms with Crippen molar-refractivity contribution in [2.75, 3.05) is 0 Å². The van der Waals surface area contributed by atoms with Gasteiger partial charge in [0.15, 0.2) is 6.10 Å².